The van der Waals surface area contributed by atoms with Crippen molar-refractivity contribution in [3.63, 3.8) is 0 Å². The number of hydrogen-bond acceptors (Lipinski definition) is 3. The minimum Gasteiger partial charge on any atom is -0.449 e. The Morgan fingerprint density at radius 1 is 1.00 bits per heavy atom. The molecule has 6 heteroatoms. The van der Waals surface area contributed by atoms with E-state index in [1.807, 2.05) is 0 Å². The molecule has 2 aromatic carbocycles. The van der Waals surface area contributed by atoms with Crippen molar-refractivity contribution in [2.45, 2.75) is 19.4 Å². The van der Waals surface area contributed by atoms with Gasteiger partial charge in [0.25, 0.3) is 5.91 Å². The summed E-state index contributed by atoms with van der Waals surface area (Å²) in [5.41, 5.74) is 1.05. The van der Waals surface area contributed by atoms with Gasteiger partial charge in [0, 0.05) is 6.54 Å². The molecule has 0 bridgehead atoms. The number of carbonyl (C=O) groups is 2. The van der Waals surface area contributed by atoms with E-state index in [4.69, 9.17) is 4.74 Å². The lowest BCUT2D eigenvalue weighted by Gasteiger charge is -2.13. The van der Waals surface area contributed by atoms with Gasteiger partial charge in [-0.1, -0.05) is 12.1 Å². The molecule has 1 atom stereocenters. The Labute approximate surface area is 138 Å². The van der Waals surface area contributed by atoms with E-state index in [2.05, 4.69) is 5.32 Å². The summed E-state index contributed by atoms with van der Waals surface area (Å²) in [7, 11) is 0. The lowest BCUT2D eigenvalue weighted by atomic mass is 10.1. The van der Waals surface area contributed by atoms with Crippen LogP contribution < -0.4 is 5.32 Å². The van der Waals surface area contributed by atoms with E-state index in [0.29, 0.717) is 13.0 Å². The molecule has 0 spiro atoms. The number of carbonyl (C=O) groups excluding carboxylic acids is 2. The van der Waals surface area contributed by atoms with Crippen LogP contribution in [-0.2, 0) is 16.0 Å². The van der Waals surface area contributed by atoms with E-state index in [1.165, 1.54) is 31.2 Å². The van der Waals surface area contributed by atoms with Crippen LogP contribution in [0.25, 0.3) is 0 Å². The largest absolute Gasteiger partial charge is 0.449 e. The molecular weight excluding hydrogens is 316 g/mol. The summed E-state index contributed by atoms with van der Waals surface area (Å²) in [6, 6.07) is 10.8. The molecule has 126 valence electrons. The van der Waals surface area contributed by atoms with Crippen LogP contribution in [-0.4, -0.2) is 24.5 Å². The maximum atomic E-state index is 12.8. The van der Waals surface area contributed by atoms with Gasteiger partial charge in [0.1, 0.15) is 11.6 Å². The molecule has 0 aliphatic heterocycles. The van der Waals surface area contributed by atoms with Crippen LogP contribution in [0.2, 0.25) is 0 Å². The summed E-state index contributed by atoms with van der Waals surface area (Å²) in [5.74, 6) is -1.91. The number of amides is 1. The number of esters is 1. The SMILES string of the molecule is C[C@@H](OC(=O)c1ccc(F)cc1)C(=O)NCCc1ccc(F)cc1. The minimum atomic E-state index is -0.976. The molecule has 0 aromatic heterocycles. The Morgan fingerprint density at radius 3 is 2.12 bits per heavy atom. The van der Waals surface area contributed by atoms with E-state index in [-0.39, 0.29) is 11.4 Å². The lowest BCUT2D eigenvalue weighted by Crippen LogP contribution is -2.36. The Kier molecular flexibility index (Phi) is 6.01. The fourth-order valence-corrected chi connectivity index (χ4v) is 1.99. The minimum absolute atomic E-state index is 0.169. The standard InChI is InChI=1S/C18H17F2NO3/c1-12(24-18(23)14-4-8-16(20)9-5-14)17(22)21-11-10-13-2-6-15(19)7-3-13/h2-9,12H,10-11H2,1H3,(H,21,22)/t12-/m1/s1. The smallest absolute Gasteiger partial charge is 0.338 e. The number of ether oxygens (including phenoxy) is 1. The third kappa shape index (κ3) is 5.15. The van der Waals surface area contributed by atoms with Crippen molar-refractivity contribution >= 4 is 11.9 Å². The zero-order chi connectivity index (χ0) is 17.5. The molecule has 0 fully saturated rings. The number of nitrogens with one attached hydrogen (secondary N) is 1. The van der Waals surface area contributed by atoms with Crippen molar-refractivity contribution in [3.8, 4) is 0 Å². The van der Waals surface area contributed by atoms with Gasteiger partial charge in [0.05, 0.1) is 5.56 Å². The van der Waals surface area contributed by atoms with Gasteiger partial charge in [-0.3, -0.25) is 4.79 Å². The molecule has 2 aromatic rings. The second kappa shape index (κ2) is 8.19. The number of rotatable bonds is 6. The highest BCUT2D eigenvalue weighted by atomic mass is 19.1. The average molecular weight is 333 g/mol. The molecule has 4 nitrogen and oxygen atoms in total. The first-order chi connectivity index (χ1) is 11.5. The Bertz CT molecular complexity index is 699. The van der Waals surface area contributed by atoms with Crippen molar-refractivity contribution in [1.82, 2.24) is 5.32 Å². The molecule has 2 rings (SSSR count). The molecule has 0 heterocycles. The first-order valence-corrected chi connectivity index (χ1v) is 7.44. The van der Waals surface area contributed by atoms with Crippen molar-refractivity contribution < 1.29 is 23.1 Å². The predicted octanol–water partition coefficient (Wildman–Crippen LogP) is 2.87. The molecule has 0 unspecified atom stereocenters. The normalized spacial score (nSPS) is 11.6. The quantitative estimate of drug-likeness (QED) is 0.827. The zero-order valence-corrected chi connectivity index (χ0v) is 13.1. The molecule has 0 aliphatic carbocycles. The zero-order valence-electron chi connectivity index (χ0n) is 13.1. The molecule has 0 saturated carbocycles. The monoisotopic (exact) mass is 333 g/mol. The Morgan fingerprint density at radius 2 is 1.54 bits per heavy atom. The molecule has 1 N–H and O–H groups in total. The first-order valence-electron chi connectivity index (χ1n) is 7.44. The van der Waals surface area contributed by atoms with Gasteiger partial charge in [0.15, 0.2) is 6.10 Å². The molecule has 24 heavy (non-hydrogen) atoms. The number of hydrogen-bond donors (Lipinski definition) is 1. The third-order valence-electron chi connectivity index (χ3n) is 3.36. The van der Waals surface area contributed by atoms with Crippen molar-refractivity contribution in [1.29, 1.82) is 0 Å². The number of halogens is 2. The molecular formula is C18H17F2NO3. The van der Waals surface area contributed by atoms with Gasteiger partial charge in [-0.25, -0.2) is 13.6 Å². The van der Waals surface area contributed by atoms with Gasteiger partial charge in [-0.2, -0.15) is 0 Å². The van der Waals surface area contributed by atoms with Crippen LogP contribution in [0.15, 0.2) is 48.5 Å². The predicted molar refractivity (Wildman–Crippen MR) is 84.4 cm³/mol. The van der Waals surface area contributed by atoms with Crippen LogP contribution in [0.5, 0.6) is 0 Å². The summed E-state index contributed by atoms with van der Waals surface area (Å²) in [6.45, 7) is 1.79. The first kappa shape index (κ1) is 17.6. The van der Waals surface area contributed by atoms with E-state index >= 15 is 0 Å². The van der Waals surface area contributed by atoms with E-state index in [9.17, 15) is 18.4 Å². The van der Waals surface area contributed by atoms with Gasteiger partial charge in [-0.15, -0.1) is 0 Å². The Hall–Kier alpha value is -2.76. The lowest BCUT2D eigenvalue weighted by molar-refractivity contribution is -0.129. The van der Waals surface area contributed by atoms with Crippen molar-refractivity contribution in [2.24, 2.45) is 0 Å². The average Bonchev–Trinajstić information content (AvgIpc) is 2.57. The molecule has 1 amide bonds. The van der Waals surface area contributed by atoms with Gasteiger partial charge < -0.3 is 10.1 Å². The summed E-state index contributed by atoms with van der Waals surface area (Å²) >= 11 is 0. The van der Waals surface area contributed by atoms with Crippen LogP contribution in [0.1, 0.15) is 22.8 Å². The van der Waals surface area contributed by atoms with Crippen LogP contribution in [0.3, 0.4) is 0 Å². The maximum Gasteiger partial charge on any atom is 0.338 e. The molecule has 0 aliphatic rings. The molecule has 0 saturated heterocycles. The summed E-state index contributed by atoms with van der Waals surface area (Å²) in [6.07, 6.45) is -0.444. The summed E-state index contributed by atoms with van der Waals surface area (Å²) in [5, 5.41) is 2.64. The second-order valence-electron chi connectivity index (χ2n) is 5.22. The van der Waals surface area contributed by atoms with Crippen molar-refractivity contribution in [3.05, 3.63) is 71.3 Å². The van der Waals surface area contributed by atoms with Gasteiger partial charge in [-0.05, 0) is 55.3 Å². The van der Waals surface area contributed by atoms with Crippen molar-refractivity contribution in [2.75, 3.05) is 6.54 Å². The van der Waals surface area contributed by atoms with E-state index in [1.54, 1.807) is 12.1 Å². The van der Waals surface area contributed by atoms with Crippen LogP contribution in [0.4, 0.5) is 8.78 Å². The van der Waals surface area contributed by atoms with Crippen LogP contribution in [0, 0.1) is 11.6 Å². The van der Waals surface area contributed by atoms with Gasteiger partial charge in [0.2, 0.25) is 0 Å². The maximum absolute atomic E-state index is 12.8. The van der Waals surface area contributed by atoms with Crippen LogP contribution >= 0.6 is 0 Å². The highest BCUT2D eigenvalue weighted by Gasteiger charge is 2.18. The molecule has 0 radical (unpaired) electrons. The third-order valence-corrected chi connectivity index (χ3v) is 3.36. The van der Waals surface area contributed by atoms with E-state index in [0.717, 1.165) is 17.7 Å². The van der Waals surface area contributed by atoms with Gasteiger partial charge >= 0.3 is 5.97 Å². The fraction of sp³-hybridized carbons (Fsp3) is 0.222. The highest BCUT2D eigenvalue weighted by molar-refractivity contribution is 5.92. The Balaban J connectivity index is 1.78. The van der Waals surface area contributed by atoms with E-state index < -0.39 is 23.8 Å². The highest BCUT2D eigenvalue weighted by Crippen LogP contribution is 2.07. The second-order valence-corrected chi connectivity index (χ2v) is 5.22. The topological polar surface area (TPSA) is 55.4 Å². The summed E-state index contributed by atoms with van der Waals surface area (Å²) in [4.78, 5) is 23.7. The summed E-state index contributed by atoms with van der Waals surface area (Å²) < 4.78 is 30.6. The fourth-order valence-electron chi connectivity index (χ4n) is 1.99. The number of benzene rings is 2.